The predicted molar refractivity (Wildman–Crippen MR) is 60.8 cm³/mol. The number of rotatable bonds is 4. The van der Waals surface area contributed by atoms with Gasteiger partial charge in [-0.25, -0.2) is 4.98 Å². The SMILES string of the molecule is O=c1c2sccc2ncn1CCOCC(F)(F)F. The van der Waals surface area contributed by atoms with Gasteiger partial charge in [-0.15, -0.1) is 11.3 Å². The number of hydrogen-bond acceptors (Lipinski definition) is 4. The highest BCUT2D eigenvalue weighted by molar-refractivity contribution is 7.17. The predicted octanol–water partition coefficient (Wildman–Crippen LogP) is 2.04. The van der Waals surface area contributed by atoms with Gasteiger partial charge in [-0.1, -0.05) is 0 Å². The van der Waals surface area contributed by atoms with E-state index in [9.17, 15) is 18.0 Å². The molecule has 0 aliphatic rings. The fourth-order valence-corrected chi connectivity index (χ4v) is 2.18. The molecule has 4 nitrogen and oxygen atoms in total. The third-order valence-corrected chi connectivity index (χ3v) is 3.07. The largest absolute Gasteiger partial charge is 0.411 e. The molecular formula is C10H9F3N2O2S. The molecule has 0 atom stereocenters. The molecule has 0 aliphatic heterocycles. The van der Waals surface area contributed by atoms with Gasteiger partial charge in [0.25, 0.3) is 5.56 Å². The number of ether oxygens (including phenoxy) is 1. The molecule has 2 aromatic heterocycles. The normalized spacial score (nSPS) is 12.2. The van der Waals surface area contributed by atoms with Crippen molar-refractivity contribution in [1.82, 2.24) is 9.55 Å². The molecule has 0 saturated carbocycles. The molecule has 0 fully saturated rings. The Bertz CT molecular complexity index is 591. The maximum Gasteiger partial charge on any atom is 0.411 e. The molecule has 2 aromatic rings. The van der Waals surface area contributed by atoms with Gasteiger partial charge in [0.15, 0.2) is 0 Å². The van der Waals surface area contributed by atoms with Crippen LogP contribution in [-0.4, -0.2) is 28.9 Å². The molecule has 8 heteroatoms. The number of hydrogen-bond donors (Lipinski definition) is 0. The van der Waals surface area contributed by atoms with E-state index >= 15 is 0 Å². The van der Waals surface area contributed by atoms with E-state index in [0.29, 0.717) is 10.2 Å². The molecular weight excluding hydrogens is 269 g/mol. The number of fused-ring (bicyclic) bond motifs is 1. The van der Waals surface area contributed by atoms with Gasteiger partial charge in [-0.2, -0.15) is 13.2 Å². The maximum absolute atomic E-state index is 11.8. The van der Waals surface area contributed by atoms with Crippen LogP contribution in [0.5, 0.6) is 0 Å². The van der Waals surface area contributed by atoms with Gasteiger partial charge < -0.3 is 4.74 Å². The molecule has 0 aliphatic carbocycles. The summed E-state index contributed by atoms with van der Waals surface area (Å²) in [4.78, 5) is 15.9. The van der Waals surface area contributed by atoms with Crippen molar-refractivity contribution in [3.8, 4) is 0 Å². The molecule has 0 unspecified atom stereocenters. The molecule has 0 spiro atoms. The van der Waals surface area contributed by atoms with Crippen LogP contribution in [0.2, 0.25) is 0 Å². The Kier molecular flexibility index (Phi) is 3.67. The van der Waals surface area contributed by atoms with Crippen molar-refractivity contribution in [2.75, 3.05) is 13.2 Å². The minimum absolute atomic E-state index is 0.0513. The van der Waals surface area contributed by atoms with E-state index in [1.165, 1.54) is 22.2 Å². The molecule has 0 saturated heterocycles. The van der Waals surface area contributed by atoms with Gasteiger partial charge in [-0.05, 0) is 11.4 Å². The Morgan fingerprint density at radius 3 is 2.94 bits per heavy atom. The topological polar surface area (TPSA) is 44.1 Å². The van der Waals surface area contributed by atoms with Crippen molar-refractivity contribution in [1.29, 1.82) is 0 Å². The first-order chi connectivity index (χ1) is 8.47. The summed E-state index contributed by atoms with van der Waals surface area (Å²) in [6.45, 7) is -1.44. The van der Waals surface area contributed by atoms with Crippen molar-refractivity contribution in [3.05, 3.63) is 28.1 Å². The fourth-order valence-electron chi connectivity index (χ4n) is 1.39. The molecule has 18 heavy (non-hydrogen) atoms. The minimum Gasteiger partial charge on any atom is -0.370 e. The van der Waals surface area contributed by atoms with Gasteiger partial charge in [0.1, 0.15) is 11.3 Å². The second kappa shape index (κ2) is 5.07. The fraction of sp³-hybridized carbons (Fsp3) is 0.400. The first-order valence-electron chi connectivity index (χ1n) is 5.04. The molecule has 2 heterocycles. The van der Waals surface area contributed by atoms with Crippen molar-refractivity contribution in [2.45, 2.75) is 12.7 Å². The highest BCUT2D eigenvalue weighted by atomic mass is 32.1. The van der Waals surface area contributed by atoms with E-state index in [-0.39, 0.29) is 18.7 Å². The molecule has 98 valence electrons. The molecule has 2 rings (SSSR count). The molecule has 0 bridgehead atoms. The smallest absolute Gasteiger partial charge is 0.370 e. The summed E-state index contributed by atoms with van der Waals surface area (Å²) in [6.07, 6.45) is -3.03. The summed E-state index contributed by atoms with van der Waals surface area (Å²) in [7, 11) is 0. The molecule has 0 amide bonds. The first kappa shape index (κ1) is 13.0. The van der Waals surface area contributed by atoms with Gasteiger partial charge in [0.05, 0.1) is 25.0 Å². The van der Waals surface area contributed by atoms with Crippen LogP contribution in [0.3, 0.4) is 0 Å². The van der Waals surface area contributed by atoms with Crippen LogP contribution in [0.1, 0.15) is 0 Å². The second-order valence-corrected chi connectivity index (χ2v) is 4.46. The van der Waals surface area contributed by atoms with Crippen LogP contribution in [0.25, 0.3) is 10.2 Å². The van der Waals surface area contributed by atoms with E-state index in [2.05, 4.69) is 9.72 Å². The highest BCUT2D eigenvalue weighted by Gasteiger charge is 2.27. The van der Waals surface area contributed by atoms with Crippen molar-refractivity contribution < 1.29 is 17.9 Å². The van der Waals surface area contributed by atoms with Crippen molar-refractivity contribution in [2.24, 2.45) is 0 Å². The summed E-state index contributed by atoms with van der Waals surface area (Å²) >= 11 is 1.25. The lowest BCUT2D eigenvalue weighted by molar-refractivity contribution is -0.174. The van der Waals surface area contributed by atoms with E-state index in [0.717, 1.165) is 0 Å². The summed E-state index contributed by atoms with van der Waals surface area (Å²) in [5.74, 6) is 0. The lowest BCUT2D eigenvalue weighted by Crippen LogP contribution is -2.24. The van der Waals surface area contributed by atoms with Gasteiger partial charge in [-0.3, -0.25) is 9.36 Å². The summed E-state index contributed by atoms with van der Waals surface area (Å²) in [5.41, 5.74) is 0.336. The van der Waals surface area contributed by atoms with E-state index in [1.54, 1.807) is 11.4 Å². The van der Waals surface area contributed by atoms with Gasteiger partial charge >= 0.3 is 6.18 Å². The highest BCUT2D eigenvalue weighted by Crippen LogP contribution is 2.15. The van der Waals surface area contributed by atoms with E-state index in [4.69, 9.17) is 0 Å². The van der Waals surface area contributed by atoms with Crippen molar-refractivity contribution in [3.63, 3.8) is 0 Å². The van der Waals surface area contributed by atoms with Crippen LogP contribution < -0.4 is 5.56 Å². The molecule has 0 N–H and O–H groups in total. The number of alkyl halides is 3. The zero-order valence-corrected chi connectivity index (χ0v) is 9.92. The minimum atomic E-state index is -4.35. The molecule has 0 radical (unpaired) electrons. The quantitative estimate of drug-likeness (QED) is 0.804. The van der Waals surface area contributed by atoms with Crippen LogP contribution in [0.15, 0.2) is 22.6 Å². The monoisotopic (exact) mass is 278 g/mol. The average molecular weight is 278 g/mol. The van der Waals surface area contributed by atoms with Crippen molar-refractivity contribution >= 4 is 21.6 Å². The zero-order chi connectivity index (χ0) is 13.2. The third kappa shape index (κ3) is 3.08. The van der Waals surface area contributed by atoms with Gasteiger partial charge in [0, 0.05) is 0 Å². The Morgan fingerprint density at radius 1 is 1.44 bits per heavy atom. The average Bonchev–Trinajstić information content (AvgIpc) is 2.74. The third-order valence-electron chi connectivity index (χ3n) is 2.18. The number of nitrogens with zero attached hydrogens (tertiary/aromatic N) is 2. The van der Waals surface area contributed by atoms with Crippen LogP contribution in [-0.2, 0) is 11.3 Å². The molecule has 0 aromatic carbocycles. The number of halogens is 3. The van der Waals surface area contributed by atoms with Crippen LogP contribution >= 0.6 is 11.3 Å². The lowest BCUT2D eigenvalue weighted by atomic mass is 10.4. The standard InChI is InChI=1S/C10H9F3N2O2S/c11-10(12,13)5-17-3-2-15-6-14-7-1-4-18-8(7)9(15)16/h1,4,6H,2-3,5H2. The van der Waals surface area contributed by atoms with Gasteiger partial charge in [0.2, 0.25) is 0 Å². The second-order valence-electron chi connectivity index (χ2n) is 3.55. The summed E-state index contributed by atoms with van der Waals surface area (Å²) in [5, 5.41) is 1.74. The summed E-state index contributed by atoms with van der Waals surface area (Å²) < 4.78 is 41.6. The van der Waals surface area contributed by atoms with Crippen LogP contribution in [0, 0.1) is 0 Å². The van der Waals surface area contributed by atoms with E-state index < -0.39 is 12.8 Å². The lowest BCUT2D eigenvalue weighted by Gasteiger charge is -2.08. The Morgan fingerprint density at radius 2 is 2.22 bits per heavy atom. The van der Waals surface area contributed by atoms with Crippen LogP contribution in [0.4, 0.5) is 13.2 Å². The number of thiophene rings is 1. The summed E-state index contributed by atoms with van der Waals surface area (Å²) in [6, 6.07) is 1.71. The first-order valence-corrected chi connectivity index (χ1v) is 5.92. The zero-order valence-electron chi connectivity index (χ0n) is 9.11. The Labute approximate surface area is 104 Å². The Balaban J connectivity index is 2.00. The maximum atomic E-state index is 11.8. The van der Waals surface area contributed by atoms with E-state index in [1.807, 2.05) is 0 Å². The Hall–Kier alpha value is -1.41. The number of aromatic nitrogens is 2.